The number of alkyl halides is 3. The van der Waals surface area contributed by atoms with Crippen molar-refractivity contribution < 1.29 is 18.3 Å². The van der Waals surface area contributed by atoms with Crippen molar-refractivity contribution in [3.8, 4) is 17.2 Å². The lowest BCUT2D eigenvalue weighted by Crippen LogP contribution is -2.46. The zero-order valence-corrected chi connectivity index (χ0v) is 17.7. The molecule has 0 radical (unpaired) electrons. The standard InChI is InChI=1S/C24H20ClF3N2O/c1-15-12-20(9-11-30-15)23(31,24(26,27)28)16(2)21-7-6-19(14-22(21)25)18-5-3-4-17(13-18)8-10-29/h3-7,9,11-14,16,31H,8H2,1-2H3. The van der Waals surface area contributed by atoms with Gasteiger partial charge in [-0.05, 0) is 52.9 Å². The maximum atomic E-state index is 14.1. The minimum Gasteiger partial charge on any atom is -0.376 e. The number of hydrogen-bond donors (Lipinski definition) is 1. The van der Waals surface area contributed by atoms with Crippen molar-refractivity contribution in [3.05, 3.63) is 88.2 Å². The highest BCUT2D eigenvalue weighted by Crippen LogP contribution is 2.50. The van der Waals surface area contributed by atoms with Gasteiger partial charge < -0.3 is 5.11 Å². The second-order valence-corrected chi connectivity index (χ2v) is 7.85. The molecule has 0 saturated carbocycles. The van der Waals surface area contributed by atoms with Gasteiger partial charge in [-0.15, -0.1) is 0 Å². The first kappa shape index (κ1) is 22.8. The maximum absolute atomic E-state index is 14.1. The van der Waals surface area contributed by atoms with Gasteiger partial charge in [0.15, 0.2) is 5.60 Å². The number of nitriles is 1. The van der Waals surface area contributed by atoms with Crippen molar-refractivity contribution >= 4 is 11.6 Å². The molecule has 0 aliphatic rings. The Morgan fingerprint density at radius 3 is 2.42 bits per heavy atom. The highest BCUT2D eigenvalue weighted by molar-refractivity contribution is 6.31. The Labute approximate surface area is 183 Å². The number of pyridine rings is 1. The van der Waals surface area contributed by atoms with Gasteiger partial charge in [0, 0.05) is 22.8 Å². The maximum Gasteiger partial charge on any atom is 0.422 e. The summed E-state index contributed by atoms with van der Waals surface area (Å²) in [5.74, 6) is -1.37. The van der Waals surface area contributed by atoms with Gasteiger partial charge in [-0.3, -0.25) is 4.98 Å². The highest BCUT2D eigenvalue weighted by Gasteiger charge is 2.59. The van der Waals surface area contributed by atoms with Crippen LogP contribution >= 0.6 is 11.6 Å². The normalized spacial score (nSPS) is 14.5. The molecule has 2 aromatic carbocycles. The molecular formula is C24H20ClF3N2O. The molecule has 0 spiro atoms. The summed E-state index contributed by atoms with van der Waals surface area (Å²) < 4.78 is 42.3. The predicted molar refractivity (Wildman–Crippen MR) is 114 cm³/mol. The van der Waals surface area contributed by atoms with Crippen molar-refractivity contribution in [2.45, 2.75) is 38.0 Å². The van der Waals surface area contributed by atoms with Gasteiger partial charge in [0.2, 0.25) is 0 Å². The van der Waals surface area contributed by atoms with E-state index in [9.17, 15) is 18.3 Å². The molecule has 3 aromatic rings. The summed E-state index contributed by atoms with van der Waals surface area (Å²) >= 11 is 6.41. The van der Waals surface area contributed by atoms with Gasteiger partial charge in [-0.2, -0.15) is 18.4 Å². The van der Waals surface area contributed by atoms with Crippen LogP contribution in [0.15, 0.2) is 60.8 Å². The molecule has 1 heterocycles. The number of aryl methyl sites for hydroxylation is 1. The Morgan fingerprint density at radius 1 is 1.10 bits per heavy atom. The molecule has 2 atom stereocenters. The van der Waals surface area contributed by atoms with Crippen molar-refractivity contribution in [1.82, 2.24) is 4.98 Å². The first-order valence-electron chi connectivity index (χ1n) is 9.56. The second kappa shape index (κ2) is 8.70. The number of halogens is 4. The van der Waals surface area contributed by atoms with Gasteiger partial charge in [-0.1, -0.05) is 54.9 Å². The van der Waals surface area contributed by atoms with Crippen LogP contribution in [0.3, 0.4) is 0 Å². The monoisotopic (exact) mass is 444 g/mol. The average molecular weight is 445 g/mol. The van der Waals surface area contributed by atoms with Crippen LogP contribution < -0.4 is 0 Å². The molecule has 1 N–H and O–H groups in total. The van der Waals surface area contributed by atoms with Crippen LogP contribution in [0.1, 0.15) is 35.2 Å². The van der Waals surface area contributed by atoms with E-state index in [1.165, 1.54) is 31.3 Å². The van der Waals surface area contributed by atoms with Crippen LogP contribution in [0.25, 0.3) is 11.1 Å². The summed E-state index contributed by atoms with van der Waals surface area (Å²) in [4.78, 5) is 3.93. The average Bonchev–Trinajstić information content (AvgIpc) is 2.72. The SMILES string of the molecule is Cc1cc(C(O)(C(C)c2ccc(-c3cccc(CC#N)c3)cc2Cl)C(F)(F)F)ccn1. The Bertz CT molecular complexity index is 1140. The van der Waals surface area contributed by atoms with Gasteiger partial charge >= 0.3 is 6.18 Å². The fraction of sp³-hybridized carbons (Fsp3) is 0.250. The molecule has 31 heavy (non-hydrogen) atoms. The molecule has 0 saturated heterocycles. The first-order chi connectivity index (χ1) is 14.6. The third kappa shape index (κ3) is 4.43. The highest BCUT2D eigenvalue weighted by atomic mass is 35.5. The van der Waals surface area contributed by atoms with Crippen LogP contribution in [0, 0.1) is 18.3 Å². The van der Waals surface area contributed by atoms with E-state index < -0.39 is 17.7 Å². The molecule has 3 nitrogen and oxygen atoms in total. The molecule has 0 aliphatic carbocycles. The predicted octanol–water partition coefficient (Wildman–Crippen LogP) is 6.33. The van der Waals surface area contributed by atoms with E-state index in [1.807, 2.05) is 18.2 Å². The molecular weight excluding hydrogens is 425 g/mol. The van der Waals surface area contributed by atoms with E-state index in [4.69, 9.17) is 16.9 Å². The van der Waals surface area contributed by atoms with Gasteiger partial charge in [-0.25, -0.2) is 0 Å². The second-order valence-electron chi connectivity index (χ2n) is 7.44. The van der Waals surface area contributed by atoms with Gasteiger partial charge in [0.1, 0.15) is 0 Å². The third-order valence-electron chi connectivity index (χ3n) is 5.41. The van der Waals surface area contributed by atoms with E-state index in [-0.39, 0.29) is 22.6 Å². The zero-order chi connectivity index (χ0) is 22.8. The van der Waals surface area contributed by atoms with Crippen molar-refractivity contribution in [2.75, 3.05) is 0 Å². The topological polar surface area (TPSA) is 56.9 Å². The molecule has 7 heteroatoms. The van der Waals surface area contributed by atoms with Crippen LogP contribution in [-0.2, 0) is 12.0 Å². The van der Waals surface area contributed by atoms with Crippen LogP contribution in [0.2, 0.25) is 5.02 Å². The Balaban J connectivity index is 2.05. The number of nitrogens with zero attached hydrogens (tertiary/aromatic N) is 2. The lowest BCUT2D eigenvalue weighted by molar-refractivity contribution is -0.274. The molecule has 0 aliphatic heterocycles. The number of rotatable bonds is 5. The third-order valence-corrected chi connectivity index (χ3v) is 5.73. The zero-order valence-electron chi connectivity index (χ0n) is 16.9. The first-order valence-corrected chi connectivity index (χ1v) is 9.93. The summed E-state index contributed by atoms with van der Waals surface area (Å²) in [6.07, 6.45) is -3.44. The van der Waals surface area contributed by atoms with Gasteiger partial charge in [0.25, 0.3) is 0 Å². The lowest BCUT2D eigenvalue weighted by atomic mass is 9.77. The molecule has 1 aromatic heterocycles. The Kier molecular flexibility index (Phi) is 6.40. The van der Waals surface area contributed by atoms with E-state index in [0.717, 1.165) is 11.1 Å². The summed E-state index contributed by atoms with van der Waals surface area (Å²) in [5, 5.41) is 19.9. The molecule has 2 unspecified atom stereocenters. The van der Waals surface area contributed by atoms with E-state index in [0.29, 0.717) is 11.3 Å². The van der Waals surface area contributed by atoms with Crippen LogP contribution in [0.4, 0.5) is 13.2 Å². The lowest BCUT2D eigenvalue weighted by Gasteiger charge is -2.37. The molecule has 0 bridgehead atoms. The fourth-order valence-electron chi connectivity index (χ4n) is 3.68. The van der Waals surface area contributed by atoms with Gasteiger partial charge in [0.05, 0.1) is 12.5 Å². The number of aliphatic hydroxyl groups is 1. The molecule has 160 valence electrons. The van der Waals surface area contributed by atoms with E-state index in [2.05, 4.69) is 11.1 Å². The largest absolute Gasteiger partial charge is 0.422 e. The minimum absolute atomic E-state index is 0.115. The molecule has 0 amide bonds. The van der Waals surface area contributed by atoms with Crippen molar-refractivity contribution in [2.24, 2.45) is 0 Å². The van der Waals surface area contributed by atoms with Crippen molar-refractivity contribution in [3.63, 3.8) is 0 Å². The Morgan fingerprint density at radius 2 is 1.81 bits per heavy atom. The van der Waals surface area contributed by atoms with E-state index in [1.54, 1.807) is 25.1 Å². The smallest absolute Gasteiger partial charge is 0.376 e. The minimum atomic E-state index is -4.94. The van der Waals surface area contributed by atoms with E-state index >= 15 is 0 Å². The number of aromatic nitrogens is 1. The Hall–Kier alpha value is -2.88. The molecule has 0 fully saturated rings. The number of benzene rings is 2. The summed E-state index contributed by atoms with van der Waals surface area (Å²) in [6, 6.07) is 16.5. The van der Waals surface area contributed by atoms with Crippen LogP contribution in [-0.4, -0.2) is 16.3 Å². The fourth-order valence-corrected chi connectivity index (χ4v) is 4.02. The number of hydrogen-bond acceptors (Lipinski definition) is 3. The quantitative estimate of drug-likeness (QED) is 0.500. The summed E-state index contributed by atoms with van der Waals surface area (Å²) in [7, 11) is 0. The summed E-state index contributed by atoms with van der Waals surface area (Å²) in [5.41, 5.74) is -0.560. The van der Waals surface area contributed by atoms with Crippen LogP contribution in [0.5, 0.6) is 0 Å². The molecule has 3 rings (SSSR count). The summed E-state index contributed by atoms with van der Waals surface area (Å²) in [6.45, 7) is 2.87. The van der Waals surface area contributed by atoms with Crippen molar-refractivity contribution in [1.29, 1.82) is 5.26 Å².